The lowest BCUT2D eigenvalue weighted by Crippen LogP contribution is -2.64. The summed E-state index contributed by atoms with van der Waals surface area (Å²) in [5.74, 6) is -8.98. The minimum atomic E-state index is -1.89. The minimum absolute atomic E-state index is 0.00319. The molecule has 6 aromatic carbocycles. The number of hydrogen-bond acceptors (Lipinski definition) is 39. The molecule has 13 rings (SSSR count). The van der Waals surface area contributed by atoms with Crippen molar-refractivity contribution in [1.29, 1.82) is 0 Å². The molecule has 0 unspecified atom stereocenters. The first-order valence-corrected chi connectivity index (χ1v) is 47.6. The highest BCUT2D eigenvalue weighted by atomic mass is 16.8. The third kappa shape index (κ3) is 27.4. The van der Waals surface area contributed by atoms with Crippen molar-refractivity contribution < 1.29 is 186 Å². The summed E-state index contributed by atoms with van der Waals surface area (Å²) in [7, 11) is 7.58. The SMILES string of the molecule is C=C1C[C@H]2[C@H](OC)N(C(=O)OCc3ccc(O[C@@H]4O[C@H](C(=O)OC)[C@@H](OC(C)=O)[C@H](OC(C)=O)[C@H]4OC(C)=O)cc3)c3cc(OCCCCCOc4cc5c(cc4OC)C(=O)N4CC(=C)C[C@H]4[C@H](OC)N5C(=O)OCc4ccc(O[C@@H]5O[C@H](C(=O)OC)[C@@H](OC(C)=O)[C@H](OC(C)=O)[C@H]5OC(C)=O)c(NC(=O)CCOCCOCCOCCOCCNC(=O)OCC5c6ccccc6-c6ccccc65)c4)c(OC)cc3C(=O)N2C1. The number of unbranched alkanes of at least 4 members (excludes halogenated alkanes) is 2. The molecule has 4 fully saturated rings. The molecule has 45 nitrogen and oxygen atoms in total. The van der Waals surface area contributed by atoms with Gasteiger partial charge in [0.25, 0.3) is 11.8 Å². The molecule has 2 N–H and O–H groups in total. The average molecular weight is 2070 g/mol. The van der Waals surface area contributed by atoms with Crippen molar-refractivity contribution in [1.82, 2.24) is 15.1 Å². The number of carbonyl (C=O) groups is 14. The molecule has 796 valence electrons. The van der Waals surface area contributed by atoms with E-state index in [1.54, 1.807) is 4.90 Å². The smallest absolute Gasteiger partial charge is 0.416 e. The second-order valence-corrected chi connectivity index (χ2v) is 34.9. The minimum Gasteiger partial charge on any atom is -0.493 e. The summed E-state index contributed by atoms with van der Waals surface area (Å²) in [6.45, 7) is 15.6. The van der Waals surface area contributed by atoms with Crippen LogP contribution in [0.25, 0.3) is 11.1 Å². The Morgan fingerprint density at radius 3 is 1.28 bits per heavy atom. The number of methoxy groups -OCH3 is 6. The first-order chi connectivity index (χ1) is 71.2. The number of ether oxygens (including phenoxy) is 25. The lowest BCUT2D eigenvalue weighted by Gasteiger charge is -2.43. The molecule has 6 amide bonds. The quantitative estimate of drug-likeness (QED) is 0.0155. The summed E-state index contributed by atoms with van der Waals surface area (Å²) in [6, 6.07) is 30.6. The van der Waals surface area contributed by atoms with Crippen molar-refractivity contribution in [2.45, 2.75) is 185 Å². The Labute approximate surface area is 851 Å². The lowest BCUT2D eigenvalue weighted by atomic mass is 9.97. The number of benzene rings is 6. The second-order valence-electron chi connectivity index (χ2n) is 34.9. The molecule has 0 aromatic heterocycles. The van der Waals surface area contributed by atoms with Gasteiger partial charge in [-0.05, 0) is 102 Å². The Morgan fingerprint density at radius 1 is 0.419 bits per heavy atom. The van der Waals surface area contributed by atoms with Crippen molar-refractivity contribution in [3.63, 3.8) is 0 Å². The van der Waals surface area contributed by atoms with E-state index in [1.807, 2.05) is 36.4 Å². The van der Waals surface area contributed by atoms with Crippen molar-refractivity contribution >= 4 is 101 Å². The van der Waals surface area contributed by atoms with Crippen LogP contribution >= 0.6 is 0 Å². The maximum Gasteiger partial charge on any atom is 0.416 e. The largest absolute Gasteiger partial charge is 0.493 e. The number of fused-ring (bicyclic) bond motifs is 7. The van der Waals surface area contributed by atoms with E-state index in [-0.39, 0.29) is 192 Å². The monoisotopic (exact) mass is 2060 g/mol. The van der Waals surface area contributed by atoms with Crippen LogP contribution in [0.1, 0.15) is 129 Å². The Hall–Kier alpha value is -14.7. The van der Waals surface area contributed by atoms with E-state index in [0.29, 0.717) is 36.0 Å². The summed E-state index contributed by atoms with van der Waals surface area (Å²) in [5, 5.41) is 5.49. The fraction of sp³-hybridized carbons (Fsp3) is 0.476. The number of nitrogens with one attached hydrogen (secondary N) is 2. The predicted molar refractivity (Wildman–Crippen MR) is 513 cm³/mol. The van der Waals surface area contributed by atoms with Gasteiger partial charge in [0.1, 0.15) is 31.3 Å². The van der Waals surface area contributed by atoms with E-state index < -0.39 is 176 Å². The molecule has 6 aromatic rings. The summed E-state index contributed by atoms with van der Waals surface area (Å²) in [5.41, 5.74) is 6.46. The van der Waals surface area contributed by atoms with Gasteiger partial charge in [0.15, 0.2) is 72.1 Å². The standard InChI is InChI=1S/C103H120N6O39/c1-56-44-77-95(126-11)108(102(122)137-53-64-26-29-66(30-27-64)145-99-91(143-62(7)114)87(141-60(5)112)85(139-58(3)110)89(147-99)97(119)128-13)75-49-82(80(124-9)47-71(75)93(117)106(77)51-56)134-34-20-15-21-35-135-83-50-76-72(48-81(83)125-10)94(118)107-52-57(2)45-78(107)96(127-12)109(76)103(123)138-54-65-28-31-79(146-100-92(144-63(8)115)88(142-61(6)113)86(140-59(4)111)90(148-100)98(120)129-14)74(46-65)105-84(116)32-36-130-38-40-132-42-43-133-41-39-131-37-33-104-101(121)136-55-73-69-24-18-16-22-67(69)68-23-17-19-25-70(68)73/h16-19,22-31,46-50,73,77-78,85-92,95-96,99-100H,1-2,15,20-21,32-45,51-55H2,3-14H3,(H,104,121)(H,105,116)/t77-,78-,85-,86-,87-,88-,89-,90-,91+,92+,95-,96-,99+,100+/m0/s1. The van der Waals surface area contributed by atoms with Gasteiger partial charge in [-0.15, -0.1) is 0 Å². The number of nitrogens with zero attached hydrogens (tertiary/aromatic N) is 4. The lowest BCUT2D eigenvalue weighted by molar-refractivity contribution is -0.282. The first-order valence-electron chi connectivity index (χ1n) is 47.6. The highest BCUT2D eigenvalue weighted by Gasteiger charge is 2.59. The van der Waals surface area contributed by atoms with Crippen molar-refractivity contribution in [2.24, 2.45) is 0 Å². The average Bonchev–Trinajstić information content (AvgIpc) is 1.54. The third-order valence-electron chi connectivity index (χ3n) is 24.6. The van der Waals surface area contributed by atoms with Crippen molar-refractivity contribution in [3.8, 4) is 45.6 Å². The molecule has 0 spiro atoms. The number of rotatable bonds is 46. The summed E-state index contributed by atoms with van der Waals surface area (Å²) >= 11 is 0. The van der Waals surface area contributed by atoms with E-state index >= 15 is 4.79 Å². The van der Waals surface area contributed by atoms with E-state index in [4.69, 9.17) is 118 Å². The number of alkyl carbamates (subject to hydrolysis) is 1. The fourth-order valence-corrected chi connectivity index (χ4v) is 18.2. The number of carbonyl (C=O) groups excluding carboxylic acids is 14. The van der Waals surface area contributed by atoms with E-state index in [1.165, 1.54) is 110 Å². The van der Waals surface area contributed by atoms with Crippen LogP contribution in [-0.4, -0.2) is 314 Å². The molecule has 6 aliphatic heterocycles. The maximum atomic E-state index is 15.3. The van der Waals surface area contributed by atoms with Gasteiger partial charge >= 0.3 is 66.0 Å². The number of amides is 6. The number of hydrogen-bond donors (Lipinski definition) is 2. The van der Waals surface area contributed by atoms with Crippen LogP contribution in [0.5, 0.6) is 34.5 Å². The molecule has 0 radical (unpaired) electrons. The van der Waals surface area contributed by atoms with E-state index in [0.717, 1.165) is 78.0 Å². The van der Waals surface area contributed by atoms with Crippen LogP contribution in [0.3, 0.4) is 0 Å². The maximum absolute atomic E-state index is 15.3. The summed E-state index contributed by atoms with van der Waals surface area (Å²) in [4.78, 5) is 194. The molecule has 7 aliphatic rings. The molecule has 148 heavy (non-hydrogen) atoms. The molecular weight excluding hydrogens is 1950 g/mol. The predicted octanol–water partition coefficient (Wildman–Crippen LogP) is 9.21. The van der Waals surface area contributed by atoms with Crippen LogP contribution in [0.2, 0.25) is 0 Å². The van der Waals surface area contributed by atoms with Gasteiger partial charge < -0.3 is 139 Å². The first kappa shape index (κ1) is 110. The van der Waals surface area contributed by atoms with E-state index in [9.17, 15) is 62.3 Å². The van der Waals surface area contributed by atoms with Crippen LogP contribution in [0.4, 0.5) is 31.4 Å². The Balaban J connectivity index is 0.645. The second kappa shape index (κ2) is 52.0. The molecule has 14 atom stereocenters. The molecule has 0 saturated carbocycles. The molecule has 1 aliphatic carbocycles. The molecule has 45 heteroatoms. The van der Waals surface area contributed by atoms with Gasteiger partial charge in [-0.25, -0.2) is 33.8 Å². The Morgan fingerprint density at radius 2 is 0.838 bits per heavy atom. The number of anilines is 3. The van der Waals surface area contributed by atoms with Gasteiger partial charge in [0.05, 0.1) is 141 Å². The topological polar surface area (TPSA) is 507 Å². The van der Waals surface area contributed by atoms with Crippen LogP contribution in [0.15, 0.2) is 140 Å². The highest BCUT2D eigenvalue weighted by molar-refractivity contribution is 6.08. The fourth-order valence-electron chi connectivity index (χ4n) is 18.2. The zero-order valence-electron chi connectivity index (χ0n) is 83.8. The van der Waals surface area contributed by atoms with Crippen LogP contribution in [-0.2, 0) is 146 Å². The normalized spacial score (nSPS) is 21.5. The van der Waals surface area contributed by atoms with E-state index in [2.05, 4.69) is 35.9 Å². The van der Waals surface area contributed by atoms with Gasteiger partial charge in [0, 0.05) is 93.4 Å². The zero-order chi connectivity index (χ0) is 106. The van der Waals surface area contributed by atoms with Gasteiger partial charge in [-0.1, -0.05) is 91.0 Å². The Kier molecular flexibility index (Phi) is 38.8. The third-order valence-corrected chi connectivity index (χ3v) is 24.6. The van der Waals surface area contributed by atoms with Gasteiger partial charge in [0.2, 0.25) is 30.7 Å². The van der Waals surface area contributed by atoms with Crippen molar-refractivity contribution in [2.75, 3.05) is 150 Å². The van der Waals surface area contributed by atoms with Gasteiger partial charge in [-0.3, -0.25) is 43.2 Å². The van der Waals surface area contributed by atoms with Gasteiger partial charge in [-0.2, -0.15) is 0 Å². The molecular formula is C103H120N6O39. The number of esters is 8. The molecule has 6 heterocycles. The molecule has 4 saturated heterocycles. The highest BCUT2D eigenvalue weighted by Crippen LogP contribution is 2.48. The summed E-state index contributed by atoms with van der Waals surface area (Å²) < 4.78 is 145. The van der Waals surface area contributed by atoms with Crippen LogP contribution < -0.4 is 48.9 Å². The zero-order valence-corrected chi connectivity index (χ0v) is 83.8. The molecule has 0 bridgehead atoms. The van der Waals surface area contributed by atoms with Crippen LogP contribution in [0, 0.1) is 0 Å². The Bertz CT molecular complexity index is 5790. The van der Waals surface area contributed by atoms with Crippen molar-refractivity contribution in [3.05, 3.63) is 173 Å². The summed E-state index contributed by atoms with van der Waals surface area (Å²) in [6.07, 6.45) is -20.7.